The van der Waals surface area contributed by atoms with E-state index in [0.29, 0.717) is 27.7 Å². The van der Waals surface area contributed by atoms with E-state index in [2.05, 4.69) is 10.6 Å². The number of hydrogen-bond acceptors (Lipinski definition) is 3. The summed E-state index contributed by atoms with van der Waals surface area (Å²) >= 11 is 6.14. The Morgan fingerprint density at radius 2 is 1.47 bits per heavy atom. The molecule has 0 atom stereocenters. The molecule has 0 bridgehead atoms. The molecule has 0 aromatic heterocycles. The summed E-state index contributed by atoms with van der Waals surface area (Å²) in [6, 6.07) is 17.9. The van der Waals surface area contributed by atoms with Crippen molar-refractivity contribution in [2.75, 3.05) is 17.2 Å². The minimum atomic E-state index is -0.281. The van der Waals surface area contributed by atoms with Gasteiger partial charge >= 0.3 is 0 Å². The summed E-state index contributed by atoms with van der Waals surface area (Å²) in [6.07, 6.45) is 0. The Morgan fingerprint density at radius 3 is 2.07 bits per heavy atom. The third-order valence-electron chi connectivity index (χ3n) is 4.49. The maximum atomic E-state index is 12.3. The number of carbonyl (C=O) groups is 2. The van der Waals surface area contributed by atoms with Crippen LogP contribution < -0.4 is 15.4 Å². The third-order valence-corrected chi connectivity index (χ3v) is 5.08. The Labute approximate surface area is 181 Å². The highest BCUT2D eigenvalue weighted by Crippen LogP contribution is 2.25. The number of rotatable bonds is 6. The highest BCUT2D eigenvalue weighted by Gasteiger charge is 2.09. The highest BCUT2D eigenvalue weighted by atomic mass is 35.5. The fourth-order valence-corrected chi connectivity index (χ4v) is 3.07. The van der Waals surface area contributed by atoms with Crippen molar-refractivity contribution < 1.29 is 14.3 Å². The first kappa shape index (κ1) is 21.4. The molecule has 3 aromatic rings. The first-order chi connectivity index (χ1) is 14.3. The Hall–Kier alpha value is -3.31. The lowest BCUT2D eigenvalue weighted by Crippen LogP contribution is -2.20. The molecule has 6 heteroatoms. The normalized spacial score (nSPS) is 10.4. The Bertz CT molecular complexity index is 1060. The quantitative estimate of drug-likeness (QED) is 0.548. The minimum Gasteiger partial charge on any atom is -0.484 e. The molecule has 0 radical (unpaired) electrons. The molecule has 3 aromatic carbocycles. The lowest BCUT2D eigenvalue weighted by molar-refractivity contribution is -0.118. The van der Waals surface area contributed by atoms with Crippen LogP contribution in [0.1, 0.15) is 27.0 Å². The molecule has 0 saturated heterocycles. The summed E-state index contributed by atoms with van der Waals surface area (Å²) in [5, 5.41) is 6.31. The molecule has 0 fully saturated rings. The Morgan fingerprint density at radius 1 is 0.867 bits per heavy atom. The van der Waals surface area contributed by atoms with E-state index in [1.54, 1.807) is 42.5 Å². The van der Waals surface area contributed by atoms with Gasteiger partial charge < -0.3 is 15.4 Å². The van der Waals surface area contributed by atoms with Crippen molar-refractivity contribution in [3.05, 3.63) is 87.9 Å². The van der Waals surface area contributed by atoms with E-state index < -0.39 is 0 Å². The summed E-state index contributed by atoms with van der Waals surface area (Å²) in [4.78, 5) is 24.5. The predicted molar refractivity (Wildman–Crippen MR) is 121 cm³/mol. The van der Waals surface area contributed by atoms with Crippen molar-refractivity contribution >= 4 is 34.8 Å². The van der Waals surface area contributed by atoms with Gasteiger partial charge in [-0.15, -0.1) is 0 Å². The van der Waals surface area contributed by atoms with E-state index >= 15 is 0 Å². The molecule has 0 aliphatic carbocycles. The molecule has 0 aliphatic rings. The average Bonchev–Trinajstić information content (AvgIpc) is 2.72. The number of hydrogen-bond donors (Lipinski definition) is 2. The summed E-state index contributed by atoms with van der Waals surface area (Å²) in [7, 11) is 0. The summed E-state index contributed by atoms with van der Waals surface area (Å²) < 4.78 is 5.56. The van der Waals surface area contributed by atoms with Crippen LogP contribution in [0.5, 0.6) is 5.75 Å². The van der Waals surface area contributed by atoms with Gasteiger partial charge in [0.1, 0.15) is 5.75 Å². The van der Waals surface area contributed by atoms with Crippen LogP contribution in [0.3, 0.4) is 0 Å². The number of anilines is 2. The predicted octanol–water partition coefficient (Wildman–Crippen LogP) is 5.54. The van der Waals surface area contributed by atoms with Crippen LogP contribution in [-0.2, 0) is 4.79 Å². The minimum absolute atomic E-state index is 0.119. The van der Waals surface area contributed by atoms with Crippen LogP contribution in [0.15, 0.2) is 60.7 Å². The molecule has 0 spiro atoms. The highest BCUT2D eigenvalue weighted by molar-refractivity contribution is 6.32. The SMILES string of the molecule is Cc1cccc(C(=O)Nc2ccc(NC(=O)COc3cc(C)c(Cl)c(C)c3)cc2)c1. The second-order valence-electron chi connectivity index (χ2n) is 7.11. The van der Waals surface area contributed by atoms with Crippen molar-refractivity contribution in [1.82, 2.24) is 0 Å². The molecule has 5 nitrogen and oxygen atoms in total. The third kappa shape index (κ3) is 5.61. The maximum absolute atomic E-state index is 12.3. The number of nitrogens with one attached hydrogen (secondary N) is 2. The summed E-state index contributed by atoms with van der Waals surface area (Å²) in [6.45, 7) is 5.60. The monoisotopic (exact) mass is 422 g/mol. The van der Waals surface area contributed by atoms with Gasteiger partial charge in [-0.25, -0.2) is 0 Å². The second kappa shape index (κ2) is 9.46. The molecule has 0 unspecified atom stereocenters. The van der Waals surface area contributed by atoms with E-state index in [-0.39, 0.29) is 18.4 Å². The number of halogens is 1. The fourth-order valence-electron chi connectivity index (χ4n) is 2.96. The molecule has 3 rings (SSSR count). The Balaban J connectivity index is 1.53. The summed E-state index contributed by atoms with van der Waals surface area (Å²) in [5.74, 6) is 0.132. The molecule has 0 saturated carbocycles. The van der Waals surface area contributed by atoms with E-state index in [1.807, 2.05) is 39.0 Å². The van der Waals surface area contributed by atoms with Gasteiger partial charge in [0.15, 0.2) is 6.61 Å². The average molecular weight is 423 g/mol. The van der Waals surface area contributed by atoms with Gasteiger partial charge in [-0.2, -0.15) is 0 Å². The van der Waals surface area contributed by atoms with Crippen LogP contribution in [-0.4, -0.2) is 18.4 Å². The lowest BCUT2D eigenvalue weighted by Gasteiger charge is -2.11. The molecule has 0 aliphatic heterocycles. The number of benzene rings is 3. The van der Waals surface area contributed by atoms with Crippen LogP contribution in [0.2, 0.25) is 5.02 Å². The van der Waals surface area contributed by atoms with Gasteiger partial charge in [-0.3, -0.25) is 9.59 Å². The fraction of sp³-hybridized carbons (Fsp3) is 0.167. The number of amides is 2. The second-order valence-corrected chi connectivity index (χ2v) is 7.49. The van der Waals surface area contributed by atoms with Crippen molar-refractivity contribution in [2.24, 2.45) is 0 Å². The van der Waals surface area contributed by atoms with Crippen LogP contribution in [0, 0.1) is 20.8 Å². The van der Waals surface area contributed by atoms with Gasteiger partial charge in [0.25, 0.3) is 11.8 Å². The standard InChI is InChI=1S/C24H23ClN2O3/c1-15-5-4-6-18(11-15)24(29)27-20-9-7-19(8-10-20)26-22(28)14-30-21-12-16(2)23(25)17(3)13-21/h4-13H,14H2,1-3H3,(H,26,28)(H,27,29). The Kier molecular flexibility index (Phi) is 6.75. The first-order valence-electron chi connectivity index (χ1n) is 9.49. The van der Waals surface area contributed by atoms with Gasteiger partial charge in [-0.1, -0.05) is 29.3 Å². The molecular formula is C24H23ClN2O3. The van der Waals surface area contributed by atoms with Gasteiger partial charge in [-0.05, 0) is 80.4 Å². The zero-order valence-corrected chi connectivity index (χ0v) is 17.8. The lowest BCUT2D eigenvalue weighted by atomic mass is 10.1. The maximum Gasteiger partial charge on any atom is 0.262 e. The van der Waals surface area contributed by atoms with Crippen molar-refractivity contribution in [3.63, 3.8) is 0 Å². The summed E-state index contributed by atoms with van der Waals surface area (Å²) in [5.41, 5.74) is 4.67. The molecule has 154 valence electrons. The van der Waals surface area contributed by atoms with Crippen molar-refractivity contribution in [2.45, 2.75) is 20.8 Å². The van der Waals surface area contributed by atoms with Gasteiger partial charge in [0.05, 0.1) is 0 Å². The molecular weight excluding hydrogens is 400 g/mol. The van der Waals surface area contributed by atoms with Crippen LogP contribution >= 0.6 is 11.6 Å². The van der Waals surface area contributed by atoms with Gasteiger partial charge in [0.2, 0.25) is 0 Å². The van der Waals surface area contributed by atoms with E-state index in [0.717, 1.165) is 16.7 Å². The molecule has 2 amide bonds. The van der Waals surface area contributed by atoms with E-state index in [9.17, 15) is 9.59 Å². The zero-order chi connectivity index (χ0) is 21.7. The largest absolute Gasteiger partial charge is 0.484 e. The van der Waals surface area contributed by atoms with Crippen molar-refractivity contribution in [3.8, 4) is 5.75 Å². The van der Waals surface area contributed by atoms with Crippen molar-refractivity contribution in [1.29, 1.82) is 0 Å². The zero-order valence-electron chi connectivity index (χ0n) is 17.1. The number of ether oxygens (including phenoxy) is 1. The first-order valence-corrected chi connectivity index (χ1v) is 9.87. The smallest absolute Gasteiger partial charge is 0.262 e. The molecule has 30 heavy (non-hydrogen) atoms. The topological polar surface area (TPSA) is 67.4 Å². The molecule has 0 heterocycles. The number of carbonyl (C=O) groups excluding carboxylic acids is 2. The van der Waals surface area contributed by atoms with Crippen LogP contribution in [0.4, 0.5) is 11.4 Å². The van der Waals surface area contributed by atoms with E-state index in [1.165, 1.54) is 0 Å². The van der Waals surface area contributed by atoms with E-state index in [4.69, 9.17) is 16.3 Å². The molecule has 2 N–H and O–H groups in total. The van der Waals surface area contributed by atoms with Gasteiger partial charge in [0, 0.05) is 22.0 Å². The number of aryl methyl sites for hydroxylation is 3. The van der Waals surface area contributed by atoms with Crippen LogP contribution in [0.25, 0.3) is 0 Å².